The van der Waals surface area contributed by atoms with Crippen molar-refractivity contribution in [2.24, 2.45) is 5.92 Å². The first-order chi connectivity index (χ1) is 16.6. The van der Waals surface area contributed by atoms with Crippen LogP contribution in [0.1, 0.15) is 62.1 Å². The van der Waals surface area contributed by atoms with Crippen molar-refractivity contribution in [3.05, 3.63) is 82.1 Å². The van der Waals surface area contributed by atoms with Crippen LogP contribution in [0.4, 0.5) is 4.39 Å². The number of hydrogen-bond donors (Lipinski definition) is 0. The molecule has 1 aliphatic rings. The average molecular weight is 483 g/mol. The second-order valence-electron chi connectivity index (χ2n) is 9.57. The molecule has 3 aromatic rings. The molecule has 4 rings (SSSR count). The summed E-state index contributed by atoms with van der Waals surface area (Å²) in [6.07, 6.45) is 9.38. The lowest BCUT2D eigenvalue weighted by Gasteiger charge is -2.29. The second-order valence-corrected chi connectivity index (χ2v) is 10.0. The standard InChI is InChI=1S/C30H36ClFO2/c1-2-3-4-5-6-24-20-33-29(34-21-24)18-11-23-10-17-28-26(19-23)14-13-25(30(28)32)12-7-22-8-15-27(31)16-9-22/h8-10,13-17,19,24,29H,2-7,11-12,18,20-21H2,1H3. The predicted molar refractivity (Wildman–Crippen MR) is 139 cm³/mol. The van der Waals surface area contributed by atoms with Crippen molar-refractivity contribution in [1.82, 2.24) is 0 Å². The van der Waals surface area contributed by atoms with Crippen LogP contribution in [-0.4, -0.2) is 19.5 Å². The molecule has 0 radical (unpaired) electrons. The van der Waals surface area contributed by atoms with E-state index in [9.17, 15) is 0 Å². The zero-order chi connectivity index (χ0) is 23.8. The highest BCUT2D eigenvalue weighted by Gasteiger charge is 2.21. The van der Waals surface area contributed by atoms with Gasteiger partial charge in [0.05, 0.1) is 13.2 Å². The van der Waals surface area contributed by atoms with Gasteiger partial charge in [-0.1, -0.05) is 86.7 Å². The summed E-state index contributed by atoms with van der Waals surface area (Å²) >= 11 is 5.96. The van der Waals surface area contributed by atoms with Crippen LogP contribution in [0.2, 0.25) is 5.02 Å². The van der Waals surface area contributed by atoms with Gasteiger partial charge in [0.25, 0.3) is 0 Å². The Morgan fingerprint density at radius 1 is 0.824 bits per heavy atom. The minimum absolute atomic E-state index is 0.109. The van der Waals surface area contributed by atoms with Crippen LogP contribution in [0, 0.1) is 11.7 Å². The topological polar surface area (TPSA) is 18.5 Å². The number of unbranched alkanes of at least 4 members (excludes halogenated alkanes) is 3. The first-order valence-electron chi connectivity index (χ1n) is 12.8. The largest absolute Gasteiger partial charge is 0.352 e. The third-order valence-electron chi connectivity index (χ3n) is 6.87. The molecule has 0 spiro atoms. The predicted octanol–water partition coefficient (Wildman–Crippen LogP) is 8.31. The van der Waals surface area contributed by atoms with E-state index >= 15 is 4.39 Å². The highest BCUT2D eigenvalue weighted by atomic mass is 35.5. The molecule has 0 aromatic heterocycles. The molecule has 34 heavy (non-hydrogen) atoms. The third kappa shape index (κ3) is 7.04. The van der Waals surface area contributed by atoms with Gasteiger partial charge in [-0.3, -0.25) is 0 Å². The molecular formula is C30H36ClFO2. The van der Waals surface area contributed by atoms with Gasteiger partial charge in [-0.2, -0.15) is 0 Å². The zero-order valence-corrected chi connectivity index (χ0v) is 21.0. The first-order valence-corrected chi connectivity index (χ1v) is 13.2. The maximum Gasteiger partial charge on any atom is 0.157 e. The van der Waals surface area contributed by atoms with Gasteiger partial charge in [-0.25, -0.2) is 4.39 Å². The number of ether oxygens (including phenoxy) is 2. The van der Waals surface area contributed by atoms with E-state index in [1.165, 1.54) is 37.7 Å². The Labute approximate surface area is 208 Å². The summed E-state index contributed by atoms with van der Waals surface area (Å²) in [5, 5.41) is 2.36. The van der Waals surface area contributed by atoms with Gasteiger partial charge >= 0.3 is 0 Å². The van der Waals surface area contributed by atoms with Crippen molar-refractivity contribution in [2.75, 3.05) is 13.2 Å². The summed E-state index contributed by atoms with van der Waals surface area (Å²) in [5.41, 5.74) is 3.10. The Morgan fingerprint density at radius 2 is 1.59 bits per heavy atom. The van der Waals surface area contributed by atoms with Gasteiger partial charge < -0.3 is 9.47 Å². The first kappa shape index (κ1) is 25.2. The number of benzene rings is 3. The molecule has 0 saturated carbocycles. The number of hydrogen-bond acceptors (Lipinski definition) is 2. The Hall–Kier alpha value is -1.94. The van der Waals surface area contributed by atoms with Crippen molar-refractivity contribution >= 4 is 22.4 Å². The smallest absolute Gasteiger partial charge is 0.157 e. The summed E-state index contributed by atoms with van der Waals surface area (Å²) in [4.78, 5) is 0. The van der Waals surface area contributed by atoms with Crippen LogP contribution in [0.3, 0.4) is 0 Å². The van der Waals surface area contributed by atoms with Crippen LogP contribution in [0.15, 0.2) is 54.6 Å². The van der Waals surface area contributed by atoms with Crippen LogP contribution >= 0.6 is 11.6 Å². The summed E-state index contributed by atoms with van der Waals surface area (Å²) in [6, 6.07) is 17.8. The maximum absolute atomic E-state index is 15.2. The Balaban J connectivity index is 1.27. The quantitative estimate of drug-likeness (QED) is 0.256. The van der Waals surface area contributed by atoms with E-state index in [0.717, 1.165) is 54.0 Å². The SMILES string of the molecule is CCCCCCC1COC(CCc2ccc3c(F)c(CCc4ccc(Cl)cc4)ccc3c2)OC1. The van der Waals surface area contributed by atoms with Gasteiger partial charge in [-0.05, 0) is 59.9 Å². The minimum Gasteiger partial charge on any atom is -0.352 e. The summed E-state index contributed by atoms with van der Waals surface area (Å²) in [6.45, 7) is 3.85. The molecule has 4 heteroatoms. The monoisotopic (exact) mass is 482 g/mol. The fourth-order valence-electron chi connectivity index (χ4n) is 4.73. The number of halogens is 2. The van der Waals surface area contributed by atoms with Gasteiger partial charge in [0.15, 0.2) is 6.29 Å². The van der Waals surface area contributed by atoms with Crippen molar-refractivity contribution in [1.29, 1.82) is 0 Å². The normalized spacial score (nSPS) is 18.4. The van der Waals surface area contributed by atoms with Gasteiger partial charge in [0.1, 0.15) is 5.82 Å². The molecule has 0 aliphatic carbocycles. The fourth-order valence-corrected chi connectivity index (χ4v) is 4.85. The summed E-state index contributed by atoms with van der Waals surface area (Å²) in [7, 11) is 0. The maximum atomic E-state index is 15.2. The van der Waals surface area contributed by atoms with Gasteiger partial charge in [0.2, 0.25) is 0 Å². The molecule has 1 heterocycles. The molecule has 0 unspecified atom stereocenters. The fraction of sp³-hybridized carbons (Fsp3) is 0.467. The molecular weight excluding hydrogens is 447 g/mol. The molecule has 1 saturated heterocycles. The third-order valence-corrected chi connectivity index (χ3v) is 7.12. The van der Waals surface area contributed by atoms with Crippen molar-refractivity contribution < 1.29 is 13.9 Å². The molecule has 1 aliphatic heterocycles. The summed E-state index contributed by atoms with van der Waals surface area (Å²) in [5.74, 6) is 0.424. The van der Waals surface area contributed by atoms with Crippen LogP contribution < -0.4 is 0 Å². The molecule has 182 valence electrons. The van der Waals surface area contributed by atoms with Crippen LogP contribution in [0.25, 0.3) is 10.8 Å². The molecule has 1 fully saturated rings. The van der Waals surface area contributed by atoms with E-state index in [2.05, 4.69) is 13.0 Å². The Morgan fingerprint density at radius 3 is 2.35 bits per heavy atom. The molecule has 0 atom stereocenters. The average Bonchev–Trinajstić information content (AvgIpc) is 2.87. The molecule has 3 aromatic carbocycles. The van der Waals surface area contributed by atoms with Crippen LogP contribution in [0.5, 0.6) is 0 Å². The lowest BCUT2D eigenvalue weighted by molar-refractivity contribution is -0.203. The van der Waals surface area contributed by atoms with Gasteiger partial charge in [-0.15, -0.1) is 0 Å². The van der Waals surface area contributed by atoms with E-state index in [1.54, 1.807) is 0 Å². The Kier molecular flexibility index (Phi) is 9.38. The second kappa shape index (κ2) is 12.7. The summed E-state index contributed by atoms with van der Waals surface area (Å²) < 4.78 is 27.1. The minimum atomic E-state index is -0.130. The number of fused-ring (bicyclic) bond motifs is 1. The van der Waals surface area contributed by atoms with E-state index < -0.39 is 0 Å². The molecule has 0 bridgehead atoms. The molecule has 2 nitrogen and oxygen atoms in total. The molecule has 0 N–H and O–H groups in total. The van der Waals surface area contributed by atoms with E-state index in [-0.39, 0.29) is 12.1 Å². The van der Waals surface area contributed by atoms with E-state index in [1.807, 2.05) is 48.5 Å². The lowest BCUT2D eigenvalue weighted by Crippen LogP contribution is -2.32. The Bertz CT molecular complexity index is 1040. The number of aryl methyl sites for hydroxylation is 3. The van der Waals surface area contributed by atoms with Gasteiger partial charge in [0, 0.05) is 22.7 Å². The lowest BCUT2D eigenvalue weighted by atomic mass is 9.98. The number of rotatable bonds is 11. The van der Waals surface area contributed by atoms with Crippen molar-refractivity contribution in [3.8, 4) is 0 Å². The van der Waals surface area contributed by atoms with Crippen molar-refractivity contribution in [3.63, 3.8) is 0 Å². The van der Waals surface area contributed by atoms with E-state index in [0.29, 0.717) is 17.7 Å². The van der Waals surface area contributed by atoms with Crippen LogP contribution in [-0.2, 0) is 28.7 Å². The van der Waals surface area contributed by atoms with Crippen molar-refractivity contribution in [2.45, 2.75) is 71.0 Å². The molecule has 0 amide bonds. The van der Waals surface area contributed by atoms with E-state index in [4.69, 9.17) is 21.1 Å². The zero-order valence-electron chi connectivity index (χ0n) is 20.2. The highest BCUT2D eigenvalue weighted by Crippen LogP contribution is 2.26. The highest BCUT2D eigenvalue weighted by molar-refractivity contribution is 6.30.